The van der Waals surface area contributed by atoms with E-state index in [-0.39, 0.29) is 5.60 Å². The van der Waals surface area contributed by atoms with Crippen LogP contribution in [0.15, 0.2) is 0 Å². The second-order valence-corrected chi connectivity index (χ2v) is 4.98. The number of alkyl halides is 1. The van der Waals surface area contributed by atoms with E-state index in [2.05, 4.69) is 25.7 Å². The van der Waals surface area contributed by atoms with Crippen molar-refractivity contribution in [3.8, 4) is 0 Å². The fraction of sp³-hybridized carbons (Fsp3) is 1.00. The van der Waals surface area contributed by atoms with Gasteiger partial charge in [-0.15, -0.1) is 11.6 Å². The Labute approximate surface area is 99.9 Å². The van der Waals surface area contributed by atoms with Crippen LogP contribution in [0.5, 0.6) is 0 Å². The molecule has 0 aromatic heterocycles. The van der Waals surface area contributed by atoms with Gasteiger partial charge in [0.25, 0.3) is 0 Å². The third-order valence-electron chi connectivity index (χ3n) is 2.81. The summed E-state index contributed by atoms with van der Waals surface area (Å²) in [6, 6.07) is 0. The van der Waals surface area contributed by atoms with E-state index in [9.17, 15) is 0 Å². The molecule has 92 valence electrons. The topological polar surface area (TPSA) is 12.5 Å². The molecule has 0 unspecified atom stereocenters. The summed E-state index contributed by atoms with van der Waals surface area (Å²) in [7, 11) is 1.78. The first-order chi connectivity index (χ1) is 7.05. The molecule has 0 aliphatic rings. The molecule has 0 rings (SSSR count). The standard InChI is InChI=1S/C12H26ClNO/c1-5-6-9-14(11-8-13)10-7-12(2,3)15-4/h5-11H2,1-4H3. The van der Waals surface area contributed by atoms with Gasteiger partial charge in [0.1, 0.15) is 0 Å². The Kier molecular flexibility index (Phi) is 8.49. The lowest BCUT2D eigenvalue weighted by atomic mass is 10.0. The molecule has 0 radical (unpaired) electrons. The minimum Gasteiger partial charge on any atom is -0.379 e. The van der Waals surface area contributed by atoms with E-state index in [1.54, 1.807) is 7.11 Å². The summed E-state index contributed by atoms with van der Waals surface area (Å²) < 4.78 is 5.41. The van der Waals surface area contributed by atoms with Crippen LogP contribution in [0.1, 0.15) is 40.0 Å². The fourth-order valence-electron chi connectivity index (χ4n) is 1.37. The van der Waals surface area contributed by atoms with Gasteiger partial charge >= 0.3 is 0 Å². The Balaban J connectivity index is 3.83. The first-order valence-electron chi connectivity index (χ1n) is 5.89. The Bertz CT molecular complexity index is 151. The zero-order valence-corrected chi connectivity index (χ0v) is 11.4. The molecule has 0 N–H and O–H groups in total. The maximum atomic E-state index is 5.79. The van der Waals surface area contributed by atoms with Crippen LogP contribution in [0.2, 0.25) is 0 Å². The van der Waals surface area contributed by atoms with Crippen molar-refractivity contribution in [3.05, 3.63) is 0 Å². The third kappa shape index (κ3) is 8.06. The summed E-state index contributed by atoms with van der Waals surface area (Å²) >= 11 is 5.79. The molecule has 0 fully saturated rings. The molecule has 0 aliphatic carbocycles. The van der Waals surface area contributed by atoms with Crippen molar-refractivity contribution < 1.29 is 4.74 Å². The zero-order valence-electron chi connectivity index (χ0n) is 10.7. The van der Waals surface area contributed by atoms with Gasteiger partial charge in [-0.2, -0.15) is 0 Å². The summed E-state index contributed by atoms with van der Waals surface area (Å²) in [5.74, 6) is 0.719. The van der Waals surface area contributed by atoms with E-state index >= 15 is 0 Å². The van der Waals surface area contributed by atoms with E-state index in [1.165, 1.54) is 12.8 Å². The molecule has 0 spiro atoms. The van der Waals surface area contributed by atoms with Gasteiger partial charge < -0.3 is 9.64 Å². The van der Waals surface area contributed by atoms with Crippen LogP contribution in [-0.2, 0) is 4.74 Å². The average Bonchev–Trinajstić information content (AvgIpc) is 2.22. The smallest absolute Gasteiger partial charge is 0.0634 e. The first kappa shape index (κ1) is 15.2. The molecule has 2 nitrogen and oxygen atoms in total. The van der Waals surface area contributed by atoms with Gasteiger partial charge in [-0.3, -0.25) is 0 Å². The molecule has 0 atom stereocenters. The Morgan fingerprint density at radius 3 is 2.33 bits per heavy atom. The summed E-state index contributed by atoms with van der Waals surface area (Å²) in [5.41, 5.74) is -0.0171. The van der Waals surface area contributed by atoms with E-state index < -0.39 is 0 Å². The van der Waals surface area contributed by atoms with Crippen molar-refractivity contribution in [2.45, 2.75) is 45.6 Å². The van der Waals surface area contributed by atoms with E-state index in [1.807, 2.05) is 0 Å². The van der Waals surface area contributed by atoms with Gasteiger partial charge in [0, 0.05) is 26.1 Å². The van der Waals surface area contributed by atoms with Crippen LogP contribution < -0.4 is 0 Å². The summed E-state index contributed by atoms with van der Waals surface area (Å²) in [4.78, 5) is 2.43. The summed E-state index contributed by atoms with van der Waals surface area (Å²) in [6.45, 7) is 9.70. The molecule has 0 bridgehead atoms. The normalized spacial score (nSPS) is 12.4. The molecule has 0 saturated carbocycles. The minimum atomic E-state index is -0.0171. The minimum absolute atomic E-state index is 0.0171. The Hall–Kier alpha value is 0.210. The van der Waals surface area contributed by atoms with Crippen LogP contribution in [0.4, 0.5) is 0 Å². The maximum Gasteiger partial charge on any atom is 0.0634 e. The molecule has 0 aromatic carbocycles. The van der Waals surface area contributed by atoms with Crippen LogP contribution in [0.25, 0.3) is 0 Å². The van der Waals surface area contributed by atoms with Crippen LogP contribution in [-0.4, -0.2) is 43.1 Å². The van der Waals surface area contributed by atoms with Crippen molar-refractivity contribution in [1.82, 2.24) is 4.90 Å². The molecule has 0 aromatic rings. The number of unbranched alkanes of at least 4 members (excludes halogenated alkanes) is 1. The number of methoxy groups -OCH3 is 1. The van der Waals surface area contributed by atoms with Crippen LogP contribution in [0.3, 0.4) is 0 Å². The molecule has 0 heterocycles. The molecular formula is C12H26ClNO. The largest absolute Gasteiger partial charge is 0.379 e. The lowest BCUT2D eigenvalue weighted by molar-refractivity contribution is 0.00776. The lowest BCUT2D eigenvalue weighted by Gasteiger charge is -2.28. The molecule has 0 aliphatic heterocycles. The highest BCUT2D eigenvalue weighted by molar-refractivity contribution is 6.18. The number of halogens is 1. The first-order valence-corrected chi connectivity index (χ1v) is 6.42. The van der Waals surface area contributed by atoms with Gasteiger partial charge in [0.05, 0.1) is 5.60 Å². The van der Waals surface area contributed by atoms with Crippen LogP contribution in [0, 0.1) is 0 Å². The van der Waals surface area contributed by atoms with Crippen molar-refractivity contribution >= 4 is 11.6 Å². The summed E-state index contributed by atoms with van der Waals surface area (Å²) in [6.07, 6.45) is 3.56. The van der Waals surface area contributed by atoms with Crippen molar-refractivity contribution in [2.75, 3.05) is 32.6 Å². The van der Waals surface area contributed by atoms with Gasteiger partial charge in [-0.1, -0.05) is 13.3 Å². The van der Waals surface area contributed by atoms with Crippen LogP contribution >= 0.6 is 11.6 Å². The SMILES string of the molecule is CCCCN(CCCl)CCC(C)(C)OC. The predicted octanol–water partition coefficient (Wildman–Crippen LogP) is 3.14. The number of ether oxygens (including phenoxy) is 1. The molecular weight excluding hydrogens is 210 g/mol. The molecule has 3 heteroatoms. The number of hydrogen-bond acceptors (Lipinski definition) is 2. The predicted molar refractivity (Wildman–Crippen MR) is 67.8 cm³/mol. The third-order valence-corrected chi connectivity index (χ3v) is 2.98. The van der Waals surface area contributed by atoms with E-state index in [0.717, 1.165) is 31.9 Å². The number of nitrogens with zero attached hydrogens (tertiary/aromatic N) is 1. The molecule has 15 heavy (non-hydrogen) atoms. The number of hydrogen-bond donors (Lipinski definition) is 0. The van der Waals surface area contributed by atoms with Crippen molar-refractivity contribution in [2.24, 2.45) is 0 Å². The monoisotopic (exact) mass is 235 g/mol. The van der Waals surface area contributed by atoms with E-state index in [4.69, 9.17) is 16.3 Å². The lowest BCUT2D eigenvalue weighted by Crippen LogP contribution is -2.34. The van der Waals surface area contributed by atoms with Gasteiger partial charge in [-0.05, 0) is 33.2 Å². The highest BCUT2D eigenvalue weighted by atomic mass is 35.5. The van der Waals surface area contributed by atoms with E-state index in [0.29, 0.717) is 0 Å². The summed E-state index contributed by atoms with van der Waals surface area (Å²) in [5, 5.41) is 0. The highest BCUT2D eigenvalue weighted by Gasteiger charge is 2.17. The number of rotatable bonds is 9. The second kappa shape index (κ2) is 8.37. The van der Waals surface area contributed by atoms with Gasteiger partial charge in [0.15, 0.2) is 0 Å². The molecule has 0 amide bonds. The fourth-order valence-corrected chi connectivity index (χ4v) is 1.61. The Morgan fingerprint density at radius 1 is 1.20 bits per heavy atom. The Morgan fingerprint density at radius 2 is 1.87 bits per heavy atom. The van der Waals surface area contributed by atoms with Gasteiger partial charge in [0.2, 0.25) is 0 Å². The quantitative estimate of drug-likeness (QED) is 0.570. The zero-order chi connectivity index (χ0) is 11.7. The maximum absolute atomic E-state index is 5.79. The van der Waals surface area contributed by atoms with Crippen molar-refractivity contribution in [1.29, 1.82) is 0 Å². The highest BCUT2D eigenvalue weighted by Crippen LogP contribution is 2.13. The second-order valence-electron chi connectivity index (χ2n) is 4.60. The average molecular weight is 236 g/mol. The van der Waals surface area contributed by atoms with Crippen molar-refractivity contribution in [3.63, 3.8) is 0 Å². The van der Waals surface area contributed by atoms with Gasteiger partial charge in [-0.25, -0.2) is 0 Å². The molecule has 0 saturated heterocycles.